The van der Waals surface area contributed by atoms with Crippen LogP contribution in [0, 0.1) is 0 Å². The maximum absolute atomic E-state index is 12.5. The topological polar surface area (TPSA) is 53.4 Å². The number of piperazine rings is 1. The number of nitrogens with zero attached hydrogens (tertiary/aromatic N) is 4. The molecule has 2 aromatic rings. The molecule has 1 aliphatic heterocycles. The standard InChI is InChI=1S/C16H23N5OS/c1-3-20-7-8-21(11-14(20)15-17-5-6-19(15)2)16(22)18-10-13-4-9-23-12-13/h4-6,9,12,14H,3,7-8,10-11H2,1-2H3,(H,18,22). The zero-order chi connectivity index (χ0) is 16.2. The fourth-order valence-corrected chi connectivity index (χ4v) is 3.68. The highest BCUT2D eigenvalue weighted by atomic mass is 32.1. The van der Waals surface area contributed by atoms with Crippen molar-refractivity contribution in [3.63, 3.8) is 0 Å². The Bertz CT molecular complexity index is 639. The van der Waals surface area contributed by atoms with Crippen LogP contribution in [0.4, 0.5) is 4.79 Å². The highest BCUT2D eigenvalue weighted by Crippen LogP contribution is 2.23. The van der Waals surface area contributed by atoms with Gasteiger partial charge in [0.25, 0.3) is 0 Å². The lowest BCUT2D eigenvalue weighted by atomic mass is 10.1. The fraction of sp³-hybridized carbons (Fsp3) is 0.500. The largest absolute Gasteiger partial charge is 0.337 e. The summed E-state index contributed by atoms with van der Waals surface area (Å²) in [4.78, 5) is 21.2. The van der Waals surface area contributed by atoms with Crippen molar-refractivity contribution in [2.24, 2.45) is 7.05 Å². The number of nitrogens with one attached hydrogen (secondary N) is 1. The lowest BCUT2D eigenvalue weighted by Crippen LogP contribution is -2.53. The molecule has 0 bridgehead atoms. The SMILES string of the molecule is CCN1CCN(C(=O)NCc2ccsc2)CC1c1nccn1C. The second kappa shape index (κ2) is 7.14. The Kier molecular flexibility index (Phi) is 4.97. The number of amides is 2. The predicted molar refractivity (Wildman–Crippen MR) is 91.3 cm³/mol. The van der Waals surface area contributed by atoms with Crippen molar-refractivity contribution in [1.29, 1.82) is 0 Å². The maximum atomic E-state index is 12.5. The smallest absolute Gasteiger partial charge is 0.317 e. The molecule has 2 amide bonds. The average Bonchev–Trinajstić information content (AvgIpc) is 3.23. The van der Waals surface area contributed by atoms with Gasteiger partial charge in [0, 0.05) is 45.6 Å². The van der Waals surface area contributed by atoms with Gasteiger partial charge in [-0.05, 0) is 28.9 Å². The van der Waals surface area contributed by atoms with Crippen LogP contribution in [0.25, 0.3) is 0 Å². The lowest BCUT2D eigenvalue weighted by molar-refractivity contribution is 0.0878. The number of imidazole rings is 1. The summed E-state index contributed by atoms with van der Waals surface area (Å²) < 4.78 is 2.04. The monoisotopic (exact) mass is 333 g/mol. The number of urea groups is 1. The van der Waals surface area contributed by atoms with E-state index in [4.69, 9.17) is 0 Å². The number of carbonyl (C=O) groups excluding carboxylic acids is 1. The molecule has 3 heterocycles. The van der Waals surface area contributed by atoms with Crippen molar-refractivity contribution in [2.45, 2.75) is 19.5 Å². The molecular formula is C16H23N5OS. The molecule has 6 nitrogen and oxygen atoms in total. The Morgan fingerprint density at radius 1 is 1.48 bits per heavy atom. The van der Waals surface area contributed by atoms with Gasteiger partial charge in [-0.2, -0.15) is 11.3 Å². The van der Waals surface area contributed by atoms with Gasteiger partial charge in [-0.15, -0.1) is 0 Å². The highest BCUT2D eigenvalue weighted by molar-refractivity contribution is 7.07. The minimum Gasteiger partial charge on any atom is -0.337 e. The first-order chi connectivity index (χ1) is 11.2. The van der Waals surface area contributed by atoms with Crippen LogP contribution in [0.2, 0.25) is 0 Å². The highest BCUT2D eigenvalue weighted by Gasteiger charge is 2.31. The molecule has 0 radical (unpaired) electrons. The summed E-state index contributed by atoms with van der Waals surface area (Å²) in [6.07, 6.45) is 3.78. The Hall–Kier alpha value is -1.86. The molecule has 124 valence electrons. The molecule has 7 heteroatoms. The van der Waals surface area contributed by atoms with Crippen LogP contribution in [0.1, 0.15) is 24.4 Å². The van der Waals surface area contributed by atoms with Crippen LogP contribution in [0.5, 0.6) is 0 Å². The Balaban J connectivity index is 1.65. The normalized spacial score (nSPS) is 19.0. The van der Waals surface area contributed by atoms with E-state index in [1.54, 1.807) is 11.3 Å². The Labute approximate surface area is 140 Å². The van der Waals surface area contributed by atoms with E-state index in [1.807, 2.05) is 40.4 Å². The van der Waals surface area contributed by atoms with E-state index in [0.717, 1.165) is 31.0 Å². The van der Waals surface area contributed by atoms with Crippen molar-refractivity contribution in [3.8, 4) is 0 Å². The van der Waals surface area contributed by atoms with E-state index in [0.29, 0.717) is 13.1 Å². The molecule has 1 saturated heterocycles. The van der Waals surface area contributed by atoms with Crippen LogP contribution in [-0.4, -0.2) is 51.6 Å². The first kappa shape index (κ1) is 16.0. The van der Waals surface area contributed by atoms with Gasteiger partial charge < -0.3 is 14.8 Å². The van der Waals surface area contributed by atoms with Gasteiger partial charge in [0.05, 0.1) is 6.04 Å². The van der Waals surface area contributed by atoms with E-state index in [2.05, 4.69) is 27.5 Å². The van der Waals surface area contributed by atoms with Crippen molar-refractivity contribution in [3.05, 3.63) is 40.6 Å². The third-order valence-electron chi connectivity index (χ3n) is 4.36. The fourth-order valence-electron chi connectivity index (χ4n) is 3.01. The molecule has 0 aliphatic carbocycles. The summed E-state index contributed by atoms with van der Waals surface area (Å²) >= 11 is 1.65. The first-order valence-corrected chi connectivity index (χ1v) is 8.88. The summed E-state index contributed by atoms with van der Waals surface area (Å²) in [6, 6.07) is 2.20. The Morgan fingerprint density at radius 3 is 3.00 bits per heavy atom. The molecule has 0 aromatic carbocycles. The quantitative estimate of drug-likeness (QED) is 0.932. The van der Waals surface area contributed by atoms with Crippen LogP contribution >= 0.6 is 11.3 Å². The maximum Gasteiger partial charge on any atom is 0.317 e. The summed E-state index contributed by atoms with van der Waals surface area (Å²) in [5.74, 6) is 1.02. The number of likely N-dealkylation sites (N-methyl/N-ethyl adjacent to an activating group) is 1. The minimum atomic E-state index is 0.00571. The zero-order valence-corrected chi connectivity index (χ0v) is 14.4. The molecule has 1 fully saturated rings. The number of rotatable bonds is 4. The Morgan fingerprint density at radius 2 is 2.35 bits per heavy atom. The number of carbonyl (C=O) groups is 1. The van der Waals surface area contributed by atoms with Crippen LogP contribution in [0.3, 0.4) is 0 Å². The van der Waals surface area contributed by atoms with Gasteiger partial charge in [0.15, 0.2) is 0 Å². The van der Waals surface area contributed by atoms with E-state index in [1.165, 1.54) is 0 Å². The molecule has 3 rings (SSSR count). The van der Waals surface area contributed by atoms with Gasteiger partial charge in [-0.1, -0.05) is 6.92 Å². The number of hydrogen-bond donors (Lipinski definition) is 1. The van der Waals surface area contributed by atoms with Crippen molar-refractivity contribution in [2.75, 3.05) is 26.2 Å². The van der Waals surface area contributed by atoms with Gasteiger partial charge in [-0.3, -0.25) is 4.90 Å². The van der Waals surface area contributed by atoms with Crippen LogP contribution < -0.4 is 5.32 Å². The number of aryl methyl sites for hydroxylation is 1. The zero-order valence-electron chi connectivity index (χ0n) is 13.6. The number of aromatic nitrogens is 2. The third kappa shape index (κ3) is 3.56. The number of hydrogen-bond acceptors (Lipinski definition) is 4. The molecule has 1 N–H and O–H groups in total. The lowest BCUT2D eigenvalue weighted by Gasteiger charge is -2.40. The molecule has 2 aromatic heterocycles. The molecule has 0 saturated carbocycles. The minimum absolute atomic E-state index is 0.00571. The predicted octanol–water partition coefficient (Wildman–Crippen LogP) is 2.07. The molecule has 23 heavy (non-hydrogen) atoms. The molecule has 1 atom stereocenters. The second-order valence-corrected chi connectivity index (χ2v) is 6.56. The van der Waals surface area contributed by atoms with Gasteiger partial charge >= 0.3 is 6.03 Å². The van der Waals surface area contributed by atoms with E-state index < -0.39 is 0 Å². The third-order valence-corrected chi connectivity index (χ3v) is 5.10. The van der Waals surface area contributed by atoms with Gasteiger partial charge in [0.1, 0.15) is 5.82 Å². The van der Waals surface area contributed by atoms with Crippen molar-refractivity contribution >= 4 is 17.4 Å². The number of thiophene rings is 1. The van der Waals surface area contributed by atoms with E-state index in [9.17, 15) is 4.79 Å². The first-order valence-electron chi connectivity index (χ1n) is 7.94. The van der Waals surface area contributed by atoms with Crippen LogP contribution in [-0.2, 0) is 13.6 Å². The van der Waals surface area contributed by atoms with E-state index >= 15 is 0 Å². The molecule has 0 spiro atoms. The van der Waals surface area contributed by atoms with E-state index in [-0.39, 0.29) is 12.1 Å². The molecular weight excluding hydrogens is 310 g/mol. The van der Waals surface area contributed by atoms with Crippen molar-refractivity contribution < 1.29 is 4.79 Å². The summed E-state index contributed by atoms with van der Waals surface area (Å²) in [7, 11) is 2.01. The average molecular weight is 333 g/mol. The second-order valence-electron chi connectivity index (χ2n) is 5.78. The van der Waals surface area contributed by atoms with Gasteiger partial charge in [-0.25, -0.2) is 9.78 Å². The van der Waals surface area contributed by atoms with Crippen LogP contribution in [0.15, 0.2) is 29.2 Å². The molecule has 1 aliphatic rings. The van der Waals surface area contributed by atoms with Gasteiger partial charge in [0.2, 0.25) is 0 Å². The molecule has 1 unspecified atom stereocenters. The summed E-state index contributed by atoms with van der Waals surface area (Å²) in [5.41, 5.74) is 1.15. The van der Waals surface area contributed by atoms with Crippen molar-refractivity contribution in [1.82, 2.24) is 24.7 Å². The summed E-state index contributed by atoms with van der Waals surface area (Å²) in [5, 5.41) is 7.10. The summed E-state index contributed by atoms with van der Waals surface area (Å²) in [6.45, 7) is 6.01.